The molecule has 1 aliphatic rings. The average molecular weight is 555 g/mol. The Labute approximate surface area is 219 Å². The molecule has 0 spiro atoms. The molecule has 4 rings (SSSR count). The molecule has 1 amide bonds. The van der Waals surface area contributed by atoms with E-state index in [1.807, 2.05) is 63.2 Å². The maximum Gasteiger partial charge on any atom is 0.410 e. The SMILES string of the molecule is COC(=O)c1c(-c2ccccc2)c2cc(Br)ccc2c(=O)n1CC1CCN(C(=O)OC(C)(C)C)CC1. The highest BCUT2D eigenvalue weighted by Crippen LogP contribution is 2.34. The smallest absolute Gasteiger partial charge is 0.410 e. The first-order valence-electron chi connectivity index (χ1n) is 12.1. The number of hydrogen-bond acceptors (Lipinski definition) is 5. The maximum atomic E-state index is 13.7. The number of ether oxygens (including phenoxy) is 2. The van der Waals surface area contributed by atoms with Crippen LogP contribution in [-0.4, -0.2) is 47.3 Å². The van der Waals surface area contributed by atoms with Crippen molar-refractivity contribution in [1.29, 1.82) is 0 Å². The van der Waals surface area contributed by atoms with E-state index >= 15 is 0 Å². The van der Waals surface area contributed by atoms with Gasteiger partial charge in [-0.05, 0) is 68.7 Å². The molecule has 2 aromatic carbocycles. The maximum absolute atomic E-state index is 13.7. The molecule has 0 aliphatic carbocycles. The van der Waals surface area contributed by atoms with Crippen molar-refractivity contribution >= 4 is 38.8 Å². The summed E-state index contributed by atoms with van der Waals surface area (Å²) in [5.74, 6) is -0.444. The molecule has 1 fully saturated rings. The largest absolute Gasteiger partial charge is 0.464 e. The quantitative estimate of drug-likeness (QED) is 0.377. The van der Waals surface area contributed by atoms with E-state index in [4.69, 9.17) is 9.47 Å². The molecule has 190 valence electrons. The van der Waals surface area contributed by atoms with Crippen molar-refractivity contribution < 1.29 is 19.1 Å². The van der Waals surface area contributed by atoms with Crippen LogP contribution in [0.1, 0.15) is 44.1 Å². The van der Waals surface area contributed by atoms with Crippen LogP contribution in [0.15, 0.2) is 57.8 Å². The monoisotopic (exact) mass is 554 g/mol. The first-order valence-corrected chi connectivity index (χ1v) is 12.9. The summed E-state index contributed by atoms with van der Waals surface area (Å²) in [5, 5.41) is 1.23. The molecule has 7 nitrogen and oxygen atoms in total. The highest BCUT2D eigenvalue weighted by molar-refractivity contribution is 9.10. The number of methoxy groups -OCH3 is 1. The highest BCUT2D eigenvalue weighted by Gasteiger charge is 2.30. The van der Waals surface area contributed by atoms with Crippen LogP contribution in [0.2, 0.25) is 0 Å². The minimum absolute atomic E-state index is 0.112. The third-order valence-electron chi connectivity index (χ3n) is 6.38. The molecule has 1 saturated heterocycles. The van der Waals surface area contributed by atoms with Gasteiger partial charge in [0.1, 0.15) is 11.3 Å². The number of piperidine rings is 1. The summed E-state index contributed by atoms with van der Waals surface area (Å²) in [6.45, 7) is 6.97. The lowest BCUT2D eigenvalue weighted by Crippen LogP contribution is -2.43. The zero-order valence-corrected chi connectivity index (χ0v) is 22.6. The van der Waals surface area contributed by atoms with E-state index in [0.717, 1.165) is 10.0 Å². The summed E-state index contributed by atoms with van der Waals surface area (Å²) >= 11 is 3.51. The number of benzene rings is 2. The number of amides is 1. The minimum Gasteiger partial charge on any atom is -0.464 e. The van der Waals surface area contributed by atoms with Crippen molar-refractivity contribution in [2.75, 3.05) is 20.2 Å². The summed E-state index contributed by atoms with van der Waals surface area (Å²) < 4.78 is 13.1. The van der Waals surface area contributed by atoms with E-state index in [2.05, 4.69) is 15.9 Å². The molecule has 0 radical (unpaired) electrons. The highest BCUT2D eigenvalue weighted by atomic mass is 79.9. The van der Waals surface area contributed by atoms with E-state index in [1.54, 1.807) is 15.5 Å². The van der Waals surface area contributed by atoms with Gasteiger partial charge in [0.05, 0.1) is 7.11 Å². The van der Waals surface area contributed by atoms with Crippen molar-refractivity contribution in [3.8, 4) is 11.1 Å². The molecule has 0 saturated carbocycles. The van der Waals surface area contributed by atoms with Crippen LogP contribution < -0.4 is 5.56 Å². The zero-order valence-electron chi connectivity index (χ0n) is 21.0. The van der Waals surface area contributed by atoms with Crippen molar-refractivity contribution in [2.24, 2.45) is 5.92 Å². The summed E-state index contributed by atoms with van der Waals surface area (Å²) in [6.07, 6.45) is 1.08. The Hall–Kier alpha value is -3.13. The second kappa shape index (κ2) is 10.5. The molecule has 0 atom stereocenters. The number of likely N-dealkylation sites (tertiary alicyclic amines) is 1. The number of fused-ring (bicyclic) bond motifs is 1. The van der Waals surface area contributed by atoms with Gasteiger partial charge in [0.2, 0.25) is 0 Å². The van der Waals surface area contributed by atoms with Gasteiger partial charge in [-0.1, -0.05) is 46.3 Å². The van der Waals surface area contributed by atoms with E-state index in [1.165, 1.54) is 7.11 Å². The molecule has 3 aromatic rings. The molecular weight excluding hydrogens is 524 g/mol. The van der Waals surface area contributed by atoms with Crippen LogP contribution in [0.3, 0.4) is 0 Å². The number of nitrogens with zero attached hydrogens (tertiary/aromatic N) is 2. The molecule has 0 bridgehead atoms. The van der Waals surface area contributed by atoms with E-state index in [9.17, 15) is 14.4 Å². The van der Waals surface area contributed by atoms with Gasteiger partial charge < -0.3 is 18.9 Å². The van der Waals surface area contributed by atoms with Crippen LogP contribution in [0, 0.1) is 5.92 Å². The second-order valence-electron chi connectivity index (χ2n) is 10.1. The molecule has 1 aromatic heterocycles. The molecule has 2 heterocycles. The van der Waals surface area contributed by atoms with Gasteiger partial charge in [0.25, 0.3) is 5.56 Å². The van der Waals surface area contributed by atoms with Crippen molar-refractivity contribution in [3.63, 3.8) is 0 Å². The molecule has 8 heteroatoms. The van der Waals surface area contributed by atoms with E-state index in [-0.39, 0.29) is 23.3 Å². The normalized spacial score (nSPS) is 14.6. The fraction of sp³-hybridized carbons (Fsp3) is 0.393. The van der Waals surface area contributed by atoms with Crippen LogP contribution in [0.25, 0.3) is 21.9 Å². The first kappa shape index (κ1) is 25.9. The number of rotatable bonds is 4. The number of pyridine rings is 1. The summed E-state index contributed by atoms with van der Waals surface area (Å²) in [6, 6.07) is 15.1. The van der Waals surface area contributed by atoms with E-state index < -0.39 is 11.6 Å². The van der Waals surface area contributed by atoms with Crippen LogP contribution in [0.5, 0.6) is 0 Å². The first-order chi connectivity index (χ1) is 17.1. The average Bonchev–Trinajstić information content (AvgIpc) is 2.84. The van der Waals surface area contributed by atoms with Gasteiger partial charge in [-0.15, -0.1) is 0 Å². The zero-order chi connectivity index (χ0) is 26.0. The number of hydrogen-bond donors (Lipinski definition) is 0. The molecule has 0 N–H and O–H groups in total. The number of aromatic nitrogens is 1. The lowest BCUT2D eigenvalue weighted by molar-refractivity contribution is 0.0178. The summed E-state index contributed by atoms with van der Waals surface area (Å²) in [4.78, 5) is 41.1. The molecule has 1 aliphatic heterocycles. The Morgan fingerprint density at radius 1 is 1.03 bits per heavy atom. The van der Waals surface area contributed by atoms with Gasteiger partial charge >= 0.3 is 12.1 Å². The number of esters is 1. The summed E-state index contributed by atoms with van der Waals surface area (Å²) in [5.41, 5.74) is 0.963. The van der Waals surface area contributed by atoms with Crippen LogP contribution in [-0.2, 0) is 16.0 Å². The Balaban J connectivity index is 1.75. The number of carbonyl (C=O) groups is 2. The second-order valence-corrected chi connectivity index (χ2v) is 11.0. The Morgan fingerprint density at radius 3 is 2.31 bits per heavy atom. The molecule has 36 heavy (non-hydrogen) atoms. The van der Waals surface area contributed by atoms with Crippen LogP contribution in [0.4, 0.5) is 4.79 Å². The standard InChI is InChI=1S/C28H31BrN2O5/c1-28(2,3)36-27(34)30-14-12-18(13-15-30)17-31-24(26(33)35-4)23(19-8-6-5-7-9-19)22-16-20(29)10-11-21(22)25(31)32/h5-11,16,18H,12-15,17H2,1-4H3. The Kier molecular flexibility index (Phi) is 7.54. The van der Waals surface area contributed by atoms with Gasteiger partial charge in [-0.25, -0.2) is 9.59 Å². The van der Waals surface area contributed by atoms with Crippen molar-refractivity contribution in [2.45, 2.75) is 45.8 Å². The van der Waals surface area contributed by atoms with Gasteiger partial charge in [0.15, 0.2) is 0 Å². The third-order valence-corrected chi connectivity index (χ3v) is 6.87. The predicted octanol–water partition coefficient (Wildman–Crippen LogP) is 5.86. The third kappa shape index (κ3) is 5.48. The fourth-order valence-corrected chi connectivity index (χ4v) is 5.04. The lowest BCUT2D eigenvalue weighted by atomic mass is 9.94. The van der Waals surface area contributed by atoms with Crippen molar-refractivity contribution in [1.82, 2.24) is 9.47 Å². The van der Waals surface area contributed by atoms with Crippen molar-refractivity contribution in [3.05, 3.63) is 69.1 Å². The van der Waals surface area contributed by atoms with Gasteiger partial charge in [-0.2, -0.15) is 0 Å². The number of halogens is 1. The Morgan fingerprint density at radius 2 is 1.69 bits per heavy atom. The molecule has 0 unspecified atom stereocenters. The fourth-order valence-electron chi connectivity index (χ4n) is 4.68. The van der Waals surface area contributed by atoms with E-state index in [0.29, 0.717) is 48.8 Å². The minimum atomic E-state index is -0.556. The predicted molar refractivity (Wildman–Crippen MR) is 143 cm³/mol. The lowest BCUT2D eigenvalue weighted by Gasteiger charge is -2.34. The topological polar surface area (TPSA) is 77.8 Å². The van der Waals surface area contributed by atoms with Crippen LogP contribution >= 0.6 is 15.9 Å². The Bertz CT molecular complexity index is 1340. The van der Waals surface area contributed by atoms with Gasteiger partial charge in [-0.3, -0.25) is 4.79 Å². The molecular formula is C28H31BrN2O5. The number of carbonyl (C=O) groups excluding carboxylic acids is 2. The van der Waals surface area contributed by atoms with Gasteiger partial charge in [0, 0.05) is 35.1 Å². The summed E-state index contributed by atoms with van der Waals surface area (Å²) in [7, 11) is 1.33.